The number of anilines is 1. The first kappa shape index (κ1) is 27.8. The molecule has 0 bridgehead atoms. The summed E-state index contributed by atoms with van der Waals surface area (Å²) < 4.78 is 40.0. The molecule has 4 rings (SSSR count). The first-order valence-electron chi connectivity index (χ1n) is 10.5. The van der Waals surface area contributed by atoms with Crippen molar-refractivity contribution >= 4 is 89.8 Å². The maximum atomic E-state index is 13.3. The number of carbonyl (C=O) groups is 2. The van der Waals surface area contributed by atoms with E-state index in [-0.39, 0.29) is 22.6 Å². The molecule has 3 N–H and O–H groups in total. The maximum absolute atomic E-state index is 13.3. The molecular formula is C23H19BrClIN4O5S2. The zero-order valence-electron chi connectivity index (χ0n) is 19.0. The lowest BCUT2D eigenvalue weighted by atomic mass is 10.0. The van der Waals surface area contributed by atoms with Crippen LogP contribution in [0.15, 0.2) is 76.0 Å². The normalized spacial score (nSPS) is 15.2. The van der Waals surface area contributed by atoms with Crippen molar-refractivity contribution in [2.45, 2.75) is 12.5 Å². The molecule has 0 radical (unpaired) electrons. The van der Waals surface area contributed by atoms with Gasteiger partial charge in [-0.25, -0.2) is 13.2 Å². The lowest BCUT2D eigenvalue weighted by Gasteiger charge is -2.22. The van der Waals surface area contributed by atoms with Crippen LogP contribution >= 0.6 is 62.3 Å². The van der Waals surface area contributed by atoms with Crippen LogP contribution in [0.1, 0.15) is 15.9 Å². The van der Waals surface area contributed by atoms with Crippen molar-refractivity contribution in [1.82, 2.24) is 14.3 Å². The van der Waals surface area contributed by atoms with Gasteiger partial charge in [0.2, 0.25) is 0 Å². The third-order valence-corrected chi connectivity index (χ3v) is 9.32. The van der Waals surface area contributed by atoms with Crippen molar-refractivity contribution in [2.75, 3.05) is 11.8 Å². The molecule has 1 amide bonds. The van der Waals surface area contributed by atoms with E-state index in [2.05, 4.69) is 30.7 Å². The van der Waals surface area contributed by atoms with Crippen molar-refractivity contribution in [3.05, 3.63) is 95.7 Å². The fraction of sp³-hybridized carbons (Fsp3) is 0.130. The molecule has 9 nitrogen and oxygen atoms in total. The van der Waals surface area contributed by atoms with Gasteiger partial charge in [0.05, 0.1) is 41.2 Å². The van der Waals surface area contributed by atoms with Gasteiger partial charge < -0.3 is 14.8 Å². The van der Waals surface area contributed by atoms with E-state index in [1.54, 1.807) is 53.1 Å². The van der Waals surface area contributed by atoms with E-state index >= 15 is 0 Å². The molecule has 0 saturated heterocycles. The topological polar surface area (TPSA) is 117 Å². The number of nitrogens with zero attached hydrogens (tertiary/aromatic N) is 1. The molecule has 2 aliphatic heterocycles. The number of esters is 1. The standard InChI is InChI=1S/C23H19BrClIN4O5S2/c1-35-23(32)19(10-13-4-7-17(25)16(24)9-13)28-22(31)15-6-5-14(26)11-18(15)29-37(33,34)21-3-2-8-30-20(21)12-27-36-30/h2-9,11-12,19,27,29H,10H2,1H3,(H,28,31)/t19-/m0/s1. The molecule has 194 valence electrons. The van der Waals surface area contributed by atoms with Crippen LogP contribution in [0.3, 0.4) is 0 Å². The number of halogens is 3. The van der Waals surface area contributed by atoms with E-state index in [0.717, 1.165) is 5.56 Å². The number of nitrogens with one attached hydrogen (secondary N) is 3. The lowest BCUT2D eigenvalue weighted by molar-refractivity contribution is -0.142. The van der Waals surface area contributed by atoms with Crippen molar-refractivity contribution in [3.8, 4) is 0 Å². The minimum Gasteiger partial charge on any atom is -0.467 e. The van der Waals surface area contributed by atoms with Gasteiger partial charge in [-0.2, -0.15) is 0 Å². The van der Waals surface area contributed by atoms with Crippen LogP contribution in [0.4, 0.5) is 5.69 Å². The first-order chi connectivity index (χ1) is 17.6. The molecule has 0 spiro atoms. The van der Waals surface area contributed by atoms with Crippen LogP contribution in [0, 0.1) is 3.57 Å². The molecule has 2 aromatic rings. The quantitative estimate of drug-likeness (QED) is 0.203. The molecule has 1 atom stereocenters. The highest BCUT2D eigenvalue weighted by Gasteiger charge is 2.31. The Labute approximate surface area is 245 Å². The largest absolute Gasteiger partial charge is 0.467 e. The zero-order valence-corrected chi connectivity index (χ0v) is 25.1. The van der Waals surface area contributed by atoms with Gasteiger partial charge in [-0.1, -0.05) is 17.7 Å². The Hall–Kier alpha value is -2.20. The monoisotopic (exact) mass is 736 g/mol. The van der Waals surface area contributed by atoms with E-state index in [9.17, 15) is 18.0 Å². The summed E-state index contributed by atoms with van der Waals surface area (Å²) in [6.45, 7) is 0. The van der Waals surface area contributed by atoms with Gasteiger partial charge in [-0.05, 0) is 86.6 Å². The molecule has 0 aromatic heterocycles. The van der Waals surface area contributed by atoms with Crippen molar-refractivity contribution in [3.63, 3.8) is 0 Å². The molecule has 0 unspecified atom stereocenters. The predicted molar refractivity (Wildman–Crippen MR) is 156 cm³/mol. The molecule has 14 heteroatoms. The number of allylic oxidation sites excluding steroid dienone is 2. The minimum atomic E-state index is -4.07. The summed E-state index contributed by atoms with van der Waals surface area (Å²) in [6.07, 6.45) is 6.53. The Balaban J connectivity index is 1.60. The number of carbonyl (C=O) groups excluding carboxylic acids is 2. The number of sulfonamides is 1. The van der Waals surface area contributed by atoms with Crippen LogP contribution in [0.2, 0.25) is 5.02 Å². The number of hydrogen-bond donors (Lipinski definition) is 3. The minimum absolute atomic E-state index is 0.0403. The Bertz CT molecular complexity index is 1470. The summed E-state index contributed by atoms with van der Waals surface area (Å²) in [4.78, 5) is 25.9. The second kappa shape index (κ2) is 11.7. The Morgan fingerprint density at radius 2 is 2.05 bits per heavy atom. The molecule has 0 fully saturated rings. The van der Waals surface area contributed by atoms with Crippen molar-refractivity contribution < 1.29 is 22.7 Å². The second-order valence-corrected chi connectivity index (χ2v) is 12.7. The van der Waals surface area contributed by atoms with Gasteiger partial charge >= 0.3 is 5.97 Å². The number of hydrogen-bond acceptors (Lipinski definition) is 8. The van der Waals surface area contributed by atoms with Crippen LogP contribution < -0.4 is 14.8 Å². The SMILES string of the molecule is COC(=O)[C@H](Cc1ccc(Cl)c(Br)c1)NC(=O)c1ccc(I)cc1NS(=O)(=O)C1=CC=CN2SNC=C12. The molecule has 37 heavy (non-hydrogen) atoms. The molecule has 2 aliphatic rings. The van der Waals surface area contributed by atoms with Crippen LogP contribution in [-0.2, 0) is 26.0 Å². The van der Waals surface area contributed by atoms with Gasteiger partial charge in [0.25, 0.3) is 15.9 Å². The molecular weight excluding hydrogens is 719 g/mol. The summed E-state index contributed by atoms with van der Waals surface area (Å²) >= 11 is 12.7. The average Bonchev–Trinajstić information content (AvgIpc) is 3.34. The number of fused-ring (bicyclic) bond motifs is 1. The first-order valence-corrected chi connectivity index (χ1v) is 15.1. The van der Waals surface area contributed by atoms with E-state index in [1.165, 1.54) is 31.4 Å². The van der Waals surface area contributed by atoms with Crippen LogP contribution in [0.25, 0.3) is 0 Å². The maximum Gasteiger partial charge on any atom is 0.328 e. The lowest BCUT2D eigenvalue weighted by Crippen LogP contribution is -2.43. The van der Waals surface area contributed by atoms with E-state index in [0.29, 0.717) is 18.8 Å². The van der Waals surface area contributed by atoms with Gasteiger partial charge in [0.15, 0.2) is 0 Å². The molecule has 2 aromatic carbocycles. The summed E-state index contributed by atoms with van der Waals surface area (Å²) in [6, 6.07) is 8.84. The van der Waals surface area contributed by atoms with Crippen LogP contribution in [-0.4, -0.2) is 37.8 Å². The van der Waals surface area contributed by atoms with Gasteiger partial charge in [-0.15, -0.1) is 0 Å². The smallest absolute Gasteiger partial charge is 0.328 e. The van der Waals surface area contributed by atoms with Gasteiger partial charge in [-0.3, -0.25) is 13.8 Å². The Kier molecular flexibility index (Phi) is 8.78. The van der Waals surface area contributed by atoms with Gasteiger partial charge in [0, 0.05) is 26.9 Å². The van der Waals surface area contributed by atoms with Crippen molar-refractivity contribution in [2.24, 2.45) is 0 Å². The van der Waals surface area contributed by atoms with E-state index < -0.39 is 27.9 Å². The summed E-state index contributed by atoms with van der Waals surface area (Å²) in [5, 5.41) is 3.18. The van der Waals surface area contributed by atoms with Crippen molar-refractivity contribution in [1.29, 1.82) is 0 Å². The van der Waals surface area contributed by atoms with E-state index in [4.69, 9.17) is 16.3 Å². The zero-order chi connectivity index (χ0) is 26.7. The third kappa shape index (κ3) is 6.45. The predicted octanol–water partition coefficient (Wildman–Crippen LogP) is 4.68. The highest BCUT2D eigenvalue weighted by Crippen LogP contribution is 2.34. The number of ether oxygens (including phenoxy) is 1. The fourth-order valence-electron chi connectivity index (χ4n) is 3.54. The average molecular weight is 738 g/mol. The molecule has 0 saturated carbocycles. The number of methoxy groups -OCH3 is 1. The number of benzene rings is 2. The second-order valence-electron chi connectivity index (χ2n) is 7.73. The number of rotatable bonds is 8. The van der Waals surface area contributed by atoms with Gasteiger partial charge in [0.1, 0.15) is 10.9 Å². The molecule has 2 heterocycles. The number of amides is 1. The van der Waals surface area contributed by atoms with Crippen LogP contribution in [0.5, 0.6) is 0 Å². The Morgan fingerprint density at radius 3 is 2.78 bits per heavy atom. The van der Waals surface area contributed by atoms with E-state index in [1.807, 2.05) is 22.6 Å². The highest BCUT2D eigenvalue weighted by molar-refractivity contribution is 14.1. The molecule has 0 aliphatic carbocycles. The highest BCUT2D eigenvalue weighted by atomic mass is 127. The Morgan fingerprint density at radius 1 is 1.27 bits per heavy atom. The summed E-state index contributed by atoms with van der Waals surface area (Å²) in [7, 11) is -2.84. The summed E-state index contributed by atoms with van der Waals surface area (Å²) in [5.74, 6) is -1.29. The summed E-state index contributed by atoms with van der Waals surface area (Å²) in [5.41, 5.74) is 1.31. The fourth-order valence-corrected chi connectivity index (χ4v) is 6.55. The third-order valence-electron chi connectivity index (χ3n) is 5.28.